The highest BCUT2D eigenvalue weighted by Gasteiger charge is 2.53. The predicted octanol–water partition coefficient (Wildman–Crippen LogP) is 2.16. The third-order valence-electron chi connectivity index (χ3n) is 5.13. The van der Waals surface area contributed by atoms with Gasteiger partial charge in [0.15, 0.2) is 5.82 Å². The van der Waals surface area contributed by atoms with Crippen LogP contribution in [0.15, 0.2) is 15.0 Å². The normalized spacial score (nSPS) is 26.6. The van der Waals surface area contributed by atoms with Crippen LogP contribution in [-0.4, -0.2) is 46.7 Å². The molecule has 2 saturated heterocycles. The van der Waals surface area contributed by atoms with Gasteiger partial charge in [0.25, 0.3) is 5.91 Å². The minimum absolute atomic E-state index is 0.00897. The number of hydrogen-bond acceptors (Lipinski definition) is 6. The van der Waals surface area contributed by atoms with Crippen molar-refractivity contribution in [2.75, 3.05) is 19.7 Å². The Labute approximate surface area is 140 Å². The maximum atomic E-state index is 13.0. The molecule has 4 rings (SSSR count). The second-order valence-corrected chi connectivity index (χ2v) is 6.75. The molecule has 1 amide bonds. The van der Waals surface area contributed by atoms with Crippen LogP contribution in [0.3, 0.4) is 0 Å². The lowest BCUT2D eigenvalue weighted by Gasteiger charge is -2.41. The van der Waals surface area contributed by atoms with Crippen molar-refractivity contribution in [1.82, 2.24) is 15.0 Å². The minimum Gasteiger partial charge on any atom is -0.466 e. The zero-order valence-electron chi connectivity index (χ0n) is 14.2. The molecule has 0 bridgehead atoms. The van der Waals surface area contributed by atoms with Gasteiger partial charge in [0.1, 0.15) is 11.5 Å². The van der Waals surface area contributed by atoms with E-state index >= 15 is 0 Å². The van der Waals surface area contributed by atoms with Crippen LogP contribution in [0, 0.1) is 20.8 Å². The van der Waals surface area contributed by atoms with Crippen molar-refractivity contribution in [2.24, 2.45) is 0 Å². The number of aromatic nitrogens is 2. The molecular weight excluding hydrogens is 310 g/mol. The molecule has 0 unspecified atom stereocenters. The number of piperidine rings is 1. The summed E-state index contributed by atoms with van der Waals surface area (Å²) in [7, 11) is 0. The van der Waals surface area contributed by atoms with Crippen LogP contribution in [0.1, 0.15) is 46.4 Å². The number of carbonyl (C=O) groups excluding carboxylic acids is 1. The molecule has 2 fully saturated rings. The number of rotatable bonds is 2. The van der Waals surface area contributed by atoms with Crippen molar-refractivity contribution in [3.63, 3.8) is 0 Å². The first kappa shape index (κ1) is 15.4. The molecule has 0 saturated carbocycles. The lowest BCUT2D eigenvalue weighted by atomic mass is 9.76. The zero-order chi connectivity index (χ0) is 16.9. The number of furan rings is 1. The van der Waals surface area contributed by atoms with Crippen molar-refractivity contribution in [3.8, 4) is 0 Å². The first-order valence-corrected chi connectivity index (χ1v) is 8.28. The van der Waals surface area contributed by atoms with E-state index in [0.717, 1.165) is 18.6 Å². The van der Waals surface area contributed by atoms with Gasteiger partial charge in [-0.15, -0.1) is 0 Å². The van der Waals surface area contributed by atoms with Crippen LogP contribution in [0.25, 0.3) is 0 Å². The maximum Gasteiger partial charge on any atom is 0.257 e. The average molecular weight is 331 g/mol. The number of fused-ring (bicyclic) bond motifs is 1. The Morgan fingerprint density at radius 2 is 2.21 bits per heavy atom. The number of aryl methyl sites for hydroxylation is 3. The fourth-order valence-corrected chi connectivity index (χ4v) is 3.94. The SMILES string of the molecule is Cc1noc([C@]23CCO[C@H]2CCN(C(=O)c2cc(C)oc2C)C3)n1. The Kier molecular flexibility index (Phi) is 3.49. The summed E-state index contributed by atoms with van der Waals surface area (Å²) in [6.45, 7) is 7.31. The molecule has 0 N–H and O–H groups in total. The summed E-state index contributed by atoms with van der Waals surface area (Å²) in [6, 6.07) is 1.80. The fraction of sp³-hybridized carbons (Fsp3) is 0.588. The molecule has 24 heavy (non-hydrogen) atoms. The number of nitrogens with zero attached hydrogens (tertiary/aromatic N) is 3. The van der Waals surface area contributed by atoms with Crippen molar-refractivity contribution in [2.45, 2.75) is 45.1 Å². The highest BCUT2D eigenvalue weighted by molar-refractivity contribution is 5.95. The van der Waals surface area contributed by atoms with E-state index in [9.17, 15) is 4.79 Å². The topological polar surface area (TPSA) is 81.6 Å². The van der Waals surface area contributed by atoms with Gasteiger partial charge in [-0.3, -0.25) is 4.79 Å². The van der Waals surface area contributed by atoms with Gasteiger partial charge in [-0.25, -0.2) is 0 Å². The van der Waals surface area contributed by atoms with Gasteiger partial charge in [0, 0.05) is 19.7 Å². The monoisotopic (exact) mass is 331 g/mol. The Morgan fingerprint density at radius 3 is 2.88 bits per heavy atom. The minimum atomic E-state index is -0.401. The number of likely N-dealkylation sites (tertiary alicyclic amines) is 1. The van der Waals surface area contributed by atoms with Gasteiger partial charge in [0.05, 0.1) is 17.1 Å². The van der Waals surface area contributed by atoms with E-state index in [4.69, 9.17) is 13.7 Å². The summed E-state index contributed by atoms with van der Waals surface area (Å²) in [5.41, 5.74) is 0.226. The largest absolute Gasteiger partial charge is 0.466 e. The van der Waals surface area contributed by atoms with Crippen molar-refractivity contribution in [3.05, 3.63) is 34.9 Å². The van der Waals surface area contributed by atoms with E-state index in [0.29, 0.717) is 42.7 Å². The molecular formula is C17H21N3O4. The Morgan fingerprint density at radius 1 is 1.38 bits per heavy atom. The molecule has 2 aromatic heterocycles. The number of hydrogen-bond donors (Lipinski definition) is 0. The molecule has 4 heterocycles. The third-order valence-corrected chi connectivity index (χ3v) is 5.13. The van der Waals surface area contributed by atoms with Crippen LogP contribution in [0.2, 0.25) is 0 Å². The average Bonchev–Trinajstić information content (AvgIpc) is 3.24. The zero-order valence-corrected chi connectivity index (χ0v) is 14.2. The predicted molar refractivity (Wildman–Crippen MR) is 83.8 cm³/mol. The summed E-state index contributed by atoms with van der Waals surface area (Å²) in [5.74, 6) is 2.59. The summed E-state index contributed by atoms with van der Waals surface area (Å²) in [4.78, 5) is 19.3. The van der Waals surface area contributed by atoms with Gasteiger partial charge >= 0.3 is 0 Å². The van der Waals surface area contributed by atoms with E-state index in [-0.39, 0.29) is 12.0 Å². The lowest BCUT2D eigenvalue weighted by Crippen LogP contribution is -2.54. The summed E-state index contributed by atoms with van der Waals surface area (Å²) in [5, 5.41) is 3.93. The number of ether oxygens (including phenoxy) is 1. The molecule has 7 heteroatoms. The standard InChI is InChI=1S/C17H21N3O4/c1-10-8-13(11(2)23-10)15(21)20-6-4-14-17(9-20,5-7-22-14)16-18-12(3)19-24-16/h8,14H,4-7,9H2,1-3H3/t14-,17-/m0/s1. The Balaban J connectivity index is 1.66. The van der Waals surface area contributed by atoms with Crippen molar-refractivity contribution >= 4 is 5.91 Å². The van der Waals surface area contributed by atoms with Gasteiger partial charge < -0.3 is 18.6 Å². The second kappa shape index (κ2) is 5.44. The summed E-state index contributed by atoms with van der Waals surface area (Å²) >= 11 is 0. The van der Waals surface area contributed by atoms with E-state index in [1.165, 1.54) is 0 Å². The van der Waals surface area contributed by atoms with Crippen LogP contribution >= 0.6 is 0 Å². The van der Waals surface area contributed by atoms with Gasteiger partial charge in [-0.1, -0.05) is 5.16 Å². The van der Waals surface area contributed by atoms with E-state index in [2.05, 4.69) is 10.1 Å². The third kappa shape index (κ3) is 2.26. The molecule has 0 aromatic carbocycles. The second-order valence-electron chi connectivity index (χ2n) is 6.75. The molecule has 0 radical (unpaired) electrons. The van der Waals surface area contributed by atoms with E-state index in [1.807, 2.05) is 18.7 Å². The highest BCUT2D eigenvalue weighted by Crippen LogP contribution is 2.43. The molecule has 2 aliphatic heterocycles. The summed E-state index contributed by atoms with van der Waals surface area (Å²) < 4.78 is 16.9. The van der Waals surface area contributed by atoms with Gasteiger partial charge in [-0.05, 0) is 39.7 Å². The quantitative estimate of drug-likeness (QED) is 0.839. The lowest BCUT2D eigenvalue weighted by molar-refractivity contribution is 0.00818. The van der Waals surface area contributed by atoms with Crippen LogP contribution in [0.5, 0.6) is 0 Å². The van der Waals surface area contributed by atoms with E-state index in [1.54, 1.807) is 13.0 Å². The van der Waals surface area contributed by atoms with Crippen LogP contribution in [-0.2, 0) is 10.2 Å². The smallest absolute Gasteiger partial charge is 0.257 e. The van der Waals surface area contributed by atoms with Crippen molar-refractivity contribution < 1.29 is 18.5 Å². The Hall–Kier alpha value is -2.15. The Bertz CT molecular complexity index is 781. The first-order valence-electron chi connectivity index (χ1n) is 8.28. The maximum absolute atomic E-state index is 13.0. The fourth-order valence-electron chi connectivity index (χ4n) is 3.94. The van der Waals surface area contributed by atoms with Gasteiger partial charge in [0.2, 0.25) is 5.89 Å². The summed E-state index contributed by atoms with van der Waals surface area (Å²) in [6.07, 6.45) is 1.57. The molecule has 7 nitrogen and oxygen atoms in total. The number of amides is 1. The molecule has 2 aliphatic rings. The molecule has 128 valence electrons. The van der Waals surface area contributed by atoms with Gasteiger partial charge in [-0.2, -0.15) is 4.98 Å². The van der Waals surface area contributed by atoms with Crippen molar-refractivity contribution in [1.29, 1.82) is 0 Å². The molecule has 0 aliphatic carbocycles. The number of carbonyl (C=O) groups is 1. The molecule has 2 atom stereocenters. The first-order chi connectivity index (χ1) is 11.5. The highest BCUT2D eigenvalue weighted by atomic mass is 16.5. The molecule has 2 aromatic rings. The van der Waals surface area contributed by atoms with E-state index < -0.39 is 5.41 Å². The van der Waals surface area contributed by atoms with Crippen LogP contribution < -0.4 is 0 Å². The van der Waals surface area contributed by atoms with Crippen LogP contribution in [0.4, 0.5) is 0 Å². The molecule has 0 spiro atoms.